The van der Waals surface area contributed by atoms with Gasteiger partial charge in [0, 0.05) is 44.3 Å². The van der Waals surface area contributed by atoms with Gasteiger partial charge in [-0.05, 0) is 50.1 Å². The lowest BCUT2D eigenvalue weighted by molar-refractivity contribution is 0.424. The smallest absolute Gasteiger partial charge is 0.128 e. The molecule has 0 aliphatic carbocycles. The summed E-state index contributed by atoms with van der Waals surface area (Å²) >= 11 is 0. The fraction of sp³-hybridized carbons (Fsp3) is 0.412. The topological polar surface area (TPSA) is 41.1 Å². The van der Waals surface area contributed by atoms with Gasteiger partial charge in [-0.1, -0.05) is 6.07 Å². The lowest BCUT2D eigenvalue weighted by atomic mass is 10.1. The van der Waals surface area contributed by atoms with E-state index in [0.717, 1.165) is 18.9 Å². The molecule has 1 N–H and O–H groups in total. The summed E-state index contributed by atoms with van der Waals surface area (Å²) in [6.07, 6.45) is 5.55. The van der Waals surface area contributed by atoms with Crippen molar-refractivity contribution in [3.8, 4) is 0 Å². The molecule has 4 nitrogen and oxygen atoms in total. The largest absolute Gasteiger partial charge is 0.355 e. The Morgan fingerprint density at radius 1 is 1.14 bits per heavy atom. The molecule has 2 aromatic heterocycles. The third kappa shape index (κ3) is 5.16. The van der Waals surface area contributed by atoms with Crippen LogP contribution in [-0.2, 0) is 13.1 Å². The number of hydrogen-bond acceptors (Lipinski definition) is 4. The summed E-state index contributed by atoms with van der Waals surface area (Å²) in [6, 6.07) is 8.23. The molecule has 0 amide bonds. The maximum absolute atomic E-state index is 4.46. The van der Waals surface area contributed by atoms with Gasteiger partial charge in [0.05, 0.1) is 0 Å². The molecule has 0 atom stereocenters. The zero-order valence-electron chi connectivity index (χ0n) is 13.3. The molecule has 0 saturated carbocycles. The number of rotatable bonds is 5. The Bertz CT molecular complexity index is 561. The van der Waals surface area contributed by atoms with Gasteiger partial charge in [-0.15, -0.1) is 0 Å². The Morgan fingerprint density at radius 2 is 1.95 bits per heavy atom. The van der Waals surface area contributed by atoms with Crippen molar-refractivity contribution in [2.24, 2.45) is 0 Å². The normalized spacial score (nSPS) is 11.4. The zero-order valence-corrected chi connectivity index (χ0v) is 13.3. The molecule has 0 aromatic carbocycles. The highest BCUT2D eigenvalue weighted by Crippen LogP contribution is 2.14. The molecule has 2 heterocycles. The van der Waals surface area contributed by atoms with Gasteiger partial charge in [-0.3, -0.25) is 4.98 Å². The van der Waals surface area contributed by atoms with Gasteiger partial charge >= 0.3 is 0 Å². The maximum atomic E-state index is 4.46. The number of pyridine rings is 2. The molecule has 2 aromatic rings. The van der Waals surface area contributed by atoms with Crippen LogP contribution in [-0.4, -0.2) is 22.6 Å². The van der Waals surface area contributed by atoms with Crippen molar-refractivity contribution in [2.75, 3.05) is 11.9 Å². The third-order valence-electron chi connectivity index (χ3n) is 3.17. The van der Waals surface area contributed by atoms with Crippen molar-refractivity contribution < 1.29 is 0 Å². The van der Waals surface area contributed by atoms with Crippen LogP contribution in [0.1, 0.15) is 31.9 Å². The average Bonchev–Trinajstić information content (AvgIpc) is 2.46. The van der Waals surface area contributed by atoms with Gasteiger partial charge in [0.1, 0.15) is 5.82 Å². The predicted octanol–water partition coefficient (Wildman–Crippen LogP) is 3.00. The first-order chi connectivity index (χ1) is 9.94. The zero-order chi connectivity index (χ0) is 15.3. The molecular formula is C17H24N4. The van der Waals surface area contributed by atoms with Crippen LogP contribution in [0.25, 0.3) is 0 Å². The monoisotopic (exact) mass is 284 g/mol. The second-order valence-electron chi connectivity index (χ2n) is 6.34. The van der Waals surface area contributed by atoms with E-state index < -0.39 is 0 Å². The van der Waals surface area contributed by atoms with Crippen LogP contribution in [0.15, 0.2) is 42.9 Å². The van der Waals surface area contributed by atoms with Crippen LogP contribution in [0.2, 0.25) is 0 Å². The number of hydrogen-bond donors (Lipinski definition) is 1. The highest BCUT2D eigenvalue weighted by atomic mass is 15.2. The van der Waals surface area contributed by atoms with Crippen molar-refractivity contribution in [2.45, 2.75) is 39.4 Å². The van der Waals surface area contributed by atoms with Crippen molar-refractivity contribution in [3.63, 3.8) is 0 Å². The second-order valence-corrected chi connectivity index (χ2v) is 6.34. The van der Waals surface area contributed by atoms with Gasteiger partial charge in [0.25, 0.3) is 0 Å². The minimum Gasteiger partial charge on any atom is -0.355 e. The summed E-state index contributed by atoms with van der Waals surface area (Å²) in [5.41, 5.74) is 2.54. The fourth-order valence-electron chi connectivity index (χ4n) is 1.99. The Morgan fingerprint density at radius 3 is 2.62 bits per heavy atom. The Kier molecular flexibility index (Phi) is 4.91. The lowest BCUT2D eigenvalue weighted by Gasteiger charge is -2.22. The number of nitrogens with zero attached hydrogens (tertiary/aromatic N) is 3. The average molecular weight is 284 g/mol. The quantitative estimate of drug-likeness (QED) is 0.916. The van der Waals surface area contributed by atoms with E-state index in [4.69, 9.17) is 0 Å². The van der Waals surface area contributed by atoms with Gasteiger partial charge in [-0.2, -0.15) is 0 Å². The van der Waals surface area contributed by atoms with Gasteiger partial charge in [0.15, 0.2) is 0 Å². The van der Waals surface area contributed by atoms with E-state index in [1.54, 1.807) is 6.20 Å². The molecule has 0 saturated heterocycles. The van der Waals surface area contributed by atoms with Crippen LogP contribution in [0.3, 0.4) is 0 Å². The van der Waals surface area contributed by atoms with Gasteiger partial charge < -0.3 is 10.2 Å². The summed E-state index contributed by atoms with van der Waals surface area (Å²) in [7, 11) is 2.05. The molecule has 0 fully saturated rings. The van der Waals surface area contributed by atoms with E-state index in [-0.39, 0.29) is 5.54 Å². The van der Waals surface area contributed by atoms with Crippen LogP contribution in [0, 0.1) is 0 Å². The van der Waals surface area contributed by atoms with E-state index >= 15 is 0 Å². The standard InChI is InChI=1S/C17H24N4/c1-17(2,3)20-12-14-7-9-19-16(10-14)21(4)13-15-6-5-8-18-11-15/h5-11,20H,12-13H2,1-4H3. The molecule has 21 heavy (non-hydrogen) atoms. The summed E-state index contributed by atoms with van der Waals surface area (Å²) in [5, 5.41) is 3.50. The molecule has 0 bridgehead atoms. The minimum absolute atomic E-state index is 0.116. The number of nitrogens with one attached hydrogen (secondary N) is 1. The molecular weight excluding hydrogens is 260 g/mol. The Labute approximate surface area is 127 Å². The van der Waals surface area contributed by atoms with E-state index in [9.17, 15) is 0 Å². The van der Waals surface area contributed by atoms with Gasteiger partial charge in [-0.25, -0.2) is 4.98 Å². The van der Waals surface area contributed by atoms with Gasteiger partial charge in [0.2, 0.25) is 0 Å². The lowest BCUT2D eigenvalue weighted by Crippen LogP contribution is -2.35. The van der Waals surface area contributed by atoms with E-state index in [2.05, 4.69) is 66.2 Å². The molecule has 4 heteroatoms. The first kappa shape index (κ1) is 15.4. The van der Waals surface area contributed by atoms with Crippen molar-refractivity contribution in [1.82, 2.24) is 15.3 Å². The highest BCUT2D eigenvalue weighted by molar-refractivity contribution is 5.40. The maximum Gasteiger partial charge on any atom is 0.128 e. The molecule has 2 rings (SSSR count). The Balaban J connectivity index is 2.03. The Hall–Kier alpha value is -1.94. The summed E-state index contributed by atoms with van der Waals surface area (Å²) in [6.45, 7) is 8.16. The number of anilines is 1. The van der Waals surface area contributed by atoms with Crippen LogP contribution in [0.4, 0.5) is 5.82 Å². The minimum atomic E-state index is 0.116. The third-order valence-corrected chi connectivity index (χ3v) is 3.17. The number of aromatic nitrogens is 2. The van der Waals surface area contributed by atoms with E-state index in [0.29, 0.717) is 0 Å². The highest BCUT2D eigenvalue weighted by Gasteiger charge is 2.09. The second kappa shape index (κ2) is 6.68. The summed E-state index contributed by atoms with van der Waals surface area (Å²) in [5.74, 6) is 0.979. The molecule has 112 valence electrons. The van der Waals surface area contributed by atoms with E-state index in [1.165, 1.54) is 11.1 Å². The molecule has 0 spiro atoms. The molecule has 0 unspecified atom stereocenters. The fourth-order valence-corrected chi connectivity index (χ4v) is 1.99. The first-order valence-electron chi connectivity index (χ1n) is 7.24. The van der Waals surface area contributed by atoms with Crippen molar-refractivity contribution >= 4 is 5.82 Å². The first-order valence-corrected chi connectivity index (χ1v) is 7.24. The molecule has 0 aliphatic rings. The summed E-state index contributed by atoms with van der Waals surface area (Å²) in [4.78, 5) is 10.7. The molecule has 0 aliphatic heterocycles. The van der Waals surface area contributed by atoms with Crippen LogP contribution < -0.4 is 10.2 Å². The van der Waals surface area contributed by atoms with Crippen molar-refractivity contribution in [3.05, 3.63) is 54.0 Å². The predicted molar refractivity (Wildman–Crippen MR) is 87.2 cm³/mol. The van der Waals surface area contributed by atoms with Crippen molar-refractivity contribution in [1.29, 1.82) is 0 Å². The van der Waals surface area contributed by atoms with Crippen LogP contribution in [0.5, 0.6) is 0 Å². The van der Waals surface area contributed by atoms with E-state index in [1.807, 2.05) is 18.5 Å². The summed E-state index contributed by atoms with van der Waals surface area (Å²) < 4.78 is 0. The molecule has 0 radical (unpaired) electrons. The SMILES string of the molecule is CN(Cc1cccnc1)c1cc(CNC(C)(C)C)ccn1. The van der Waals surface area contributed by atoms with Crippen LogP contribution >= 0.6 is 0 Å².